The molecule has 0 aliphatic carbocycles. The summed E-state index contributed by atoms with van der Waals surface area (Å²) in [7, 11) is 9.41. The highest BCUT2D eigenvalue weighted by molar-refractivity contribution is 5.87. The van der Waals surface area contributed by atoms with Crippen LogP contribution in [0.15, 0.2) is 0 Å². The average Bonchev–Trinajstić information content (AvgIpc) is 2.92. The van der Waals surface area contributed by atoms with E-state index >= 15 is 0 Å². The van der Waals surface area contributed by atoms with E-state index in [0.29, 0.717) is 34.8 Å². The molecule has 3 aliphatic heterocycles. The smallest absolute Gasteiger partial charge is 0.241 e. The number of ether oxygens (including phenoxy) is 5. The molecule has 3 aliphatic rings. The highest BCUT2D eigenvalue weighted by atomic mass is 16.5. The molecule has 0 radical (unpaired) electrons. The van der Waals surface area contributed by atoms with Gasteiger partial charge in [0.25, 0.3) is 0 Å². The molecule has 0 saturated carbocycles. The molecule has 11 nitrogen and oxygen atoms in total. The van der Waals surface area contributed by atoms with Crippen molar-refractivity contribution in [1.29, 1.82) is 0 Å². The van der Waals surface area contributed by atoms with Gasteiger partial charge in [-0.15, -0.1) is 0 Å². The second kappa shape index (κ2) is 9.65. The Morgan fingerprint density at radius 2 is 1.36 bits per heavy atom. The van der Waals surface area contributed by atoms with Gasteiger partial charge in [-0.1, -0.05) is 0 Å². The second-order valence-electron chi connectivity index (χ2n) is 10.2. The van der Waals surface area contributed by atoms with Gasteiger partial charge in [-0.25, -0.2) is 0 Å². The van der Waals surface area contributed by atoms with Crippen molar-refractivity contribution < 1.29 is 43.8 Å². The SMILES string of the molecule is COc1c(C)c(OC)c(OC)c2c1C[C@H]1C(=O)N3[C@@H]([C@H](O)c4c(O)c(C)c(OC)c(OC)c4[C@@H]3CO)[C@@H]2N1C. The summed E-state index contributed by atoms with van der Waals surface area (Å²) in [6.07, 6.45) is -1.01. The van der Waals surface area contributed by atoms with Crippen molar-refractivity contribution in [2.45, 2.75) is 50.5 Å². The Bertz CT molecular complexity index is 1340. The molecule has 0 aromatic heterocycles. The van der Waals surface area contributed by atoms with Gasteiger partial charge in [0, 0.05) is 39.8 Å². The first-order valence-electron chi connectivity index (χ1n) is 12.8. The van der Waals surface area contributed by atoms with E-state index in [-0.39, 0.29) is 28.7 Å². The fraction of sp³-hybridized carbons (Fsp3) is 0.536. The summed E-state index contributed by atoms with van der Waals surface area (Å²) in [5, 5.41) is 34.1. The third-order valence-electron chi connectivity index (χ3n) is 8.71. The Hall–Kier alpha value is -3.41. The van der Waals surface area contributed by atoms with Crippen molar-refractivity contribution in [3.05, 3.63) is 33.4 Å². The average molecular weight is 545 g/mol. The number of hydrogen-bond donors (Lipinski definition) is 3. The first-order chi connectivity index (χ1) is 18.6. The number of amides is 1. The lowest BCUT2D eigenvalue weighted by Crippen LogP contribution is -2.67. The zero-order chi connectivity index (χ0) is 28.5. The summed E-state index contributed by atoms with van der Waals surface area (Å²) in [6.45, 7) is 3.07. The molecule has 5 atom stereocenters. The van der Waals surface area contributed by atoms with Gasteiger partial charge in [0.2, 0.25) is 5.91 Å². The number of phenols is 1. The van der Waals surface area contributed by atoms with Crippen LogP contribution in [0, 0.1) is 13.8 Å². The minimum atomic E-state index is -1.34. The molecule has 11 heteroatoms. The predicted octanol–water partition coefficient (Wildman–Crippen LogP) is 1.94. The Balaban J connectivity index is 1.86. The van der Waals surface area contributed by atoms with Crippen molar-refractivity contribution in [1.82, 2.24) is 9.80 Å². The van der Waals surface area contributed by atoms with E-state index < -0.39 is 36.9 Å². The quantitative estimate of drug-likeness (QED) is 0.496. The monoisotopic (exact) mass is 544 g/mol. The summed E-state index contributed by atoms with van der Waals surface area (Å²) in [5.41, 5.74) is 3.18. The summed E-state index contributed by atoms with van der Waals surface area (Å²) in [6, 6.07) is -2.98. The van der Waals surface area contributed by atoms with Gasteiger partial charge >= 0.3 is 0 Å². The van der Waals surface area contributed by atoms with Gasteiger partial charge in [-0.2, -0.15) is 0 Å². The molecule has 2 aromatic rings. The topological polar surface area (TPSA) is 130 Å². The number of aliphatic hydroxyl groups excluding tert-OH is 2. The number of rotatable bonds is 6. The van der Waals surface area contributed by atoms with E-state index in [1.807, 2.05) is 18.9 Å². The molecule has 0 spiro atoms. The molecular weight excluding hydrogens is 508 g/mol. The third kappa shape index (κ3) is 3.36. The maximum Gasteiger partial charge on any atom is 0.241 e. The lowest BCUT2D eigenvalue weighted by molar-refractivity contribution is -0.168. The summed E-state index contributed by atoms with van der Waals surface area (Å²) >= 11 is 0. The lowest BCUT2D eigenvalue weighted by Gasteiger charge is -2.58. The van der Waals surface area contributed by atoms with Crippen LogP contribution in [0.5, 0.6) is 34.5 Å². The van der Waals surface area contributed by atoms with Crippen molar-refractivity contribution in [3.63, 3.8) is 0 Å². The van der Waals surface area contributed by atoms with E-state index in [9.17, 15) is 20.1 Å². The normalized spacial score (nSPS) is 25.4. The van der Waals surface area contributed by atoms with Crippen LogP contribution in [0.2, 0.25) is 0 Å². The first-order valence-corrected chi connectivity index (χ1v) is 12.8. The van der Waals surface area contributed by atoms with Crippen LogP contribution in [0.1, 0.15) is 51.6 Å². The molecule has 5 rings (SSSR count). The molecule has 2 aromatic carbocycles. The molecule has 212 valence electrons. The number of fused-ring (bicyclic) bond motifs is 7. The van der Waals surface area contributed by atoms with Crippen molar-refractivity contribution in [2.24, 2.45) is 0 Å². The summed E-state index contributed by atoms with van der Waals surface area (Å²) < 4.78 is 28.7. The number of methoxy groups -OCH3 is 5. The van der Waals surface area contributed by atoms with Gasteiger partial charge in [0.1, 0.15) is 17.6 Å². The first kappa shape index (κ1) is 27.2. The van der Waals surface area contributed by atoms with Crippen LogP contribution in [-0.2, 0) is 11.2 Å². The highest BCUT2D eigenvalue weighted by Crippen LogP contribution is 2.60. The molecule has 39 heavy (non-hydrogen) atoms. The number of carbonyl (C=O) groups is 1. The van der Waals surface area contributed by atoms with Crippen molar-refractivity contribution >= 4 is 5.91 Å². The van der Waals surface area contributed by atoms with Gasteiger partial charge in [0.15, 0.2) is 23.0 Å². The Kier molecular flexibility index (Phi) is 6.72. The largest absolute Gasteiger partial charge is 0.507 e. The number of likely N-dealkylation sites (N-methyl/N-ethyl adjacent to an activating group) is 1. The van der Waals surface area contributed by atoms with E-state index in [2.05, 4.69) is 0 Å². The standard InChI is InChI=1S/C28H36N2O9/c1-11-21(32)18-17(27(39-8)24(11)36-5)15(10-31)30-20(22(18)33)19-16-13(9-14(28(30)34)29(19)3)23(35-4)12(2)25(37-6)26(16)38-7/h14-15,19-20,22,31-33H,9-10H2,1-8H3/t14-,15-,19+,20+,22+/m0/s1. The van der Waals surface area contributed by atoms with Crippen molar-refractivity contribution in [3.8, 4) is 34.5 Å². The summed E-state index contributed by atoms with van der Waals surface area (Å²) in [4.78, 5) is 17.7. The van der Waals surface area contributed by atoms with Crippen molar-refractivity contribution in [2.75, 3.05) is 49.2 Å². The van der Waals surface area contributed by atoms with Crippen LogP contribution < -0.4 is 23.7 Å². The number of benzene rings is 2. The second-order valence-corrected chi connectivity index (χ2v) is 10.2. The van der Waals surface area contributed by atoms with Gasteiger partial charge in [0.05, 0.1) is 66.3 Å². The van der Waals surface area contributed by atoms with E-state index in [4.69, 9.17) is 23.7 Å². The predicted molar refractivity (Wildman–Crippen MR) is 140 cm³/mol. The van der Waals surface area contributed by atoms with Crippen LogP contribution in [0.4, 0.5) is 0 Å². The zero-order valence-corrected chi connectivity index (χ0v) is 23.5. The number of phenolic OH excluding ortho intramolecular Hbond substituents is 1. The van der Waals surface area contributed by atoms with E-state index in [1.165, 1.54) is 14.2 Å². The van der Waals surface area contributed by atoms with E-state index in [1.54, 1.807) is 33.2 Å². The van der Waals surface area contributed by atoms with Crippen LogP contribution >= 0.6 is 0 Å². The zero-order valence-electron chi connectivity index (χ0n) is 23.5. The highest BCUT2D eigenvalue weighted by Gasteiger charge is 2.59. The third-order valence-corrected chi connectivity index (χ3v) is 8.71. The van der Waals surface area contributed by atoms with Gasteiger partial charge in [-0.05, 0) is 20.9 Å². The number of aliphatic hydroxyl groups is 2. The maximum absolute atomic E-state index is 14.2. The number of carbonyl (C=O) groups excluding carboxylic acids is 1. The molecule has 1 fully saturated rings. The Labute approximate surface area is 227 Å². The number of nitrogens with zero attached hydrogens (tertiary/aromatic N) is 2. The maximum atomic E-state index is 14.2. The minimum absolute atomic E-state index is 0.174. The Morgan fingerprint density at radius 1 is 0.821 bits per heavy atom. The molecule has 2 bridgehead atoms. The summed E-state index contributed by atoms with van der Waals surface area (Å²) in [5.74, 6) is 1.68. The van der Waals surface area contributed by atoms with Gasteiger partial charge in [-0.3, -0.25) is 9.69 Å². The lowest BCUT2D eigenvalue weighted by atomic mass is 9.72. The van der Waals surface area contributed by atoms with Crippen LogP contribution in [-0.4, -0.2) is 92.3 Å². The fourth-order valence-corrected chi connectivity index (χ4v) is 7.11. The molecule has 3 heterocycles. The molecule has 1 saturated heterocycles. The molecular formula is C28H36N2O9. The van der Waals surface area contributed by atoms with E-state index in [0.717, 1.165) is 16.7 Å². The number of piperazine rings is 1. The molecule has 0 unspecified atom stereocenters. The number of hydrogen-bond acceptors (Lipinski definition) is 10. The Morgan fingerprint density at radius 3 is 1.90 bits per heavy atom. The minimum Gasteiger partial charge on any atom is -0.507 e. The number of aromatic hydroxyl groups is 1. The van der Waals surface area contributed by atoms with Gasteiger partial charge < -0.3 is 43.9 Å². The van der Waals surface area contributed by atoms with Crippen LogP contribution in [0.3, 0.4) is 0 Å². The molecule has 1 amide bonds. The molecule has 3 N–H and O–H groups in total. The fourth-order valence-electron chi connectivity index (χ4n) is 7.11. The van der Waals surface area contributed by atoms with Crippen LogP contribution in [0.25, 0.3) is 0 Å².